The highest BCUT2D eigenvalue weighted by atomic mass is 35.5. The van der Waals surface area contributed by atoms with Gasteiger partial charge in [0.2, 0.25) is 5.96 Å². The van der Waals surface area contributed by atoms with Gasteiger partial charge >= 0.3 is 0 Å². The van der Waals surface area contributed by atoms with Crippen LogP contribution in [-0.4, -0.2) is 33.8 Å². The largest absolute Gasteiger partial charge is 0.369 e. The quantitative estimate of drug-likeness (QED) is 0.348. The highest BCUT2D eigenvalue weighted by Crippen LogP contribution is 2.18. The van der Waals surface area contributed by atoms with Crippen LogP contribution in [0, 0.1) is 11.6 Å². The van der Waals surface area contributed by atoms with E-state index in [1.54, 1.807) is 30.5 Å². The first kappa shape index (κ1) is 26.7. The van der Waals surface area contributed by atoms with E-state index in [0.717, 1.165) is 31.0 Å². The van der Waals surface area contributed by atoms with Gasteiger partial charge in [0.1, 0.15) is 5.69 Å². The monoisotopic (exact) mass is 514 g/mol. The lowest BCUT2D eigenvalue weighted by molar-refractivity contribution is 0.0921. The standard InChI is InChI=1S/C14H10ClF2N3O.C11H15N3O/c15-9-2-1-3-10(7-9)19-14(18)20-13(21)8-4-5-11(16)12(17)6-8;15-11(10-8-12-6-7-13-10)14-9-4-2-1-3-5-9/h1-7H,(H3,18,19,20,21);6-9H,1-5H2,(H,14,15). The van der Waals surface area contributed by atoms with Crippen LogP contribution in [-0.2, 0) is 0 Å². The van der Waals surface area contributed by atoms with Crippen LogP contribution in [0.1, 0.15) is 53.0 Å². The fourth-order valence-corrected chi connectivity index (χ4v) is 3.65. The molecule has 1 heterocycles. The number of nitrogens with one attached hydrogen (secondary N) is 2. The molecule has 2 aromatic carbocycles. The molecule has 0 atom stereocenters. The second kappa shape index (κ2) is 13.2. The molecule has 0 spiro atoms. The molecular weight excluding hydrogens is 490 g/mol. The van der Waals surface area contributed by atoms with Crippen molar-refractivity contribution in [3.63, 3.8) is 0 Å². The van der Waals surface area contributed by atoms with Gasteiger partial charge in [0.05, 0.1) is 11.9 Å². The molecule has 0 aliphatic heterocycles. The van der Waals surface area contributed by atoms with Gasteiger partial charge in [0.15, 0.2) is 11.6 Å². The fourth-order valence-electron chi connectivity index (χ4n) is 3.46. The Morgan fingerprint density at radius 3 is 2.44 bits per heavy atom. The second-order valence-corrected chi connectivity index (χ2v) is 8.40. The molecule has 188 valence electrons. The minimum absolute atomic E-state index is 0.0712. The van der Waals surface area contributed by atoms with Gasteiger partial charge in [-0.25, -0.2) is 18.8 Å². The summed E-state index contributed by atoms with van der Waals surface area (Å²) in [5.41, 5.74) is 6.35. The summed E-state index contributed by atoms with van der Waals surface area (Å²) in [5.74, 6) is -3.14. The van der Waals surface area contributed by atoms with Gasteiger partial charge < -0.3 is 11.1 Å². The summed E-state index contributed by atoms with van der Waals surface area (Å²) in [5, 5.41) is 5.73. The Balaban J connectivity index is 0.000000212. The number of rotatable bonds is 4. The van der Waals surface area contributed by atoms with Gasteiger partial charge in [-0.15, -0.1) is 0 Å². The summed E-state index contributed by atoms with van der Waals surface area (Å²) in [4.78, 5) is 35.3. The van der Waals surface area contributed by atoms with Gasteiger partial charge in [-0.2, -0.15) is 0 Å². The number of hydrogen-bond acceptors (Lipinski definition) is 5. The maximum Gasteiger partial charge on any atom is 0.271 e. The number of nitrogens with two attached hydrogens (primary N) is 1. The van der Waals surface area contributed by atoms with E-state index in [4.69, 9.17) is 17.3 Å². The van der Waals surface area contributed by atoms with Crippen molar-refractivity contribution < 1.29 is 18.4 Å². The lowest BCUT2D eigenvalue weighted by atomic mass is 9.95. The van der Waals surface area contributed by atoms with Gasteiger partial charge in [0, 0.05) is 29.0 Å². The number of aliphatic imine (C=N–C) groups is 1. The van der Waals surface area contributed by atoms with Gasteiger partial charge in [-0.1, -0.05) is 36.9 Å². The van der Waals surface area contributed by atoms with Gasteiger partial charge in [-0.3, -0.25) is 19.9 Å². The number of aromatic nitrogens is 2. The van der Waals surface area contributed by atoms with E-state index in [2.05, 4.69) is 25.6 Å². The van der Waals surface area contributed by atoms with Crippen molar-refractivity contribution in [3.8, 4) is 0 Å². The molecule has 4 rings (SSSR count). The van der Waals surface area contributed by atoms with Gasteiger partial charge in [-0.05, 0) is 49.2 Å². The average molecular weight is 515 g/mol. The Hall–Kier alpha value is -3.92. The molecule has 8 nitrogen and oxygen atoms in total. The molecule has 0 unspecified atom stereocenters. The van der Waals surface area contributed by atoms with Crippen LogP contribution in [0.4, 0.5) is 14.5 Å². The van der Waals surface area contributed by atoms with Crippen LogP contribution in [0.5, 0.6) is 0 Å². The Morgan fingerprint density at radius 2 is 1.78 bits per heavy atom. The fraction of sp³-hybridized carbons (Fsp3) is 0.240. The zero-order valence-corrected chi connectivity index (χ0v) is 20.0. The van der Waals surface area contributed by atoms with E-state index in [0.29, 0.717) is 22.4 Å². The number of nitrogens with zero attached hydrogens (tertiary/aromatic N) is 3. The predicted octanol–water partition coefficient (Wildman–Crippen LogP) is 4.53. The molecule has 4 N–H and O–H groups in total. The molecule has 0 radical (unpaired) electrons. The number of amides is 2. The van der Waals surface area contributed by atoms with Crippen molar-refractivity contribution in [1.29, 1.82) is 0 Å². The van der Waals surface area contributed by atoms with Crippen molar-refractivity contribution in [2.24, 2.45) is 10.7 Å². The number of benzene rings is 2. The van der Waals surface area contributed by atoms with Crippen molar-refractivity contribution in [2.75, 3.05) is 0 Å². The van der Waals surface area contributed by atoms with Crippen LogP contribution >= 0.6 is 11.6 Å². The van der Waals surface area contributed by atoms with Crippen LogP contribution in [0.2, 0.25) is 5.02 Å². The zero-order chi connectivity index (χ0) is 25.9. The molecule has 3 aromatic rings. The first-order valence-electron chi connectivity index (χ1n) is 11.2. The van der Waals surface area contributed by atoms with E-state index in [1.165, 1.54) is 31.7 Å². The highest BCUT2D eigenvalue weighted by Gasteiger charge is 2.17. The molecule has 1 fully saturated rings. The van der Waals surface area contributed by atoms with Crippen molar-refractivity contribution >= 4 is 35.1 Å². The smallest absolute Gasteiger partial charge is 0.271 e. The number of hydrogen-bond donors (Lipinski definition) is 3. The summed E-state index contributed by atoms with van der Waals surface area (Å²) in [6, 6.07) is 9.63. The molecule has 11 heteroatoms. The molecule has 0 bridgehead atoms. The van der Waals surface area contributed by atoms with Crippen LogP contribution < -0.4 is 16.4 Å². The van der Waals surface area contributed by atoms with E-state index in [-0.39, 0.29) is 17.4 Å². The molecule has 1 aliphatic rings. The van der Waals surface area contributed by atoms with E-state index in [9.17, 15) is 18.4 Å². The normalized spacial score (nSPS) is 13.8. The molecule has 0 saturated heterocycles. The lowest BCUT2D eigenvalue weighted by Gasteiger charge is -2.22. The average Bonchev–Trinajstić information content (AvgIpc) is 2.87. The summed E-state index contributed by atoms with van der Waals surface area (Å²) in [6.07, 6.45) is 10.5. The van der Waals surface area contributed by atoms with E-state index < -0.39 is 17.5 Å². The summed E-state index contributed by atoms with van der Waals surface area (Å²) in [6.45, 7) is 0. The topological polar surface area (TPSA) is 122 Å². The SMILES string of the molecule is NC(=Nc1cccc(Cl)c1)NC(=O)c1ccc(F)c(F)c1.O=C(NC1CCCCC1)c1cnccn1. The number of carbonyl (C=O) groups is 2. The number of carbonyl (C=O) groups excluding carboxylic acids is 2. The molecule has 2 amide bonds. The Kier molecular flexibility index (Phi) is 9.82. The second-order valence-electron chi connectivity index (χ2n) is 7.96. The molecule has 1 aromatic heterocycles. The number of halogens is 3. The summed E-state index contributed by atoms with van der Waals surface area (Å²) < 4.78 is 25.8. The summed E-state index contributed by atoms with van der Waals surface area (Å²) in [7, 11) is 0. The first-order chi connectivity index (χ1) is 17.3. The highest BCUT2D eigenvalue weighted by molar-refractivity contribution is 6.30. The Morgan fingerprint density at radius 1 is 1.00 bits per heavy atom. The minimum Gasteiger partial charge on any atom is -0.369 e. The van der Waals surface area contributed by atoms with Crippen molar-refractivity contribution in [3.05, 3.63) is 89.0 Å². The maximum absolute atomic E-state index is 13.0. The summed E-state index contributed by atoms with van der Waals surface area (Å²) >= 11 is 5.79. The Labute approximate surface area is 212 Å². The Bertz CT molecular complexity index is 1220. The third kappa shape index (κ3) is 8.38. The third-order valence-electron chi connectivity index (χ3n) is 5.22. The van der Waals surface area contributed by atoms with Crippen molar-refractivity contribution in [1.82, 2.24) is 20.6 Å². The molecular formula is C25H25ClF2N6O2. The zero-order valence-electron chi connectivity index (χ0n) is 19.3. The first-order valence-corrected chi connectivity index (χ1v) is 11.6. The van der Waals surface area contributed by atoms with Crippen LogP contribution in [0.3, 0.4) is 0 Å². The molecule has 1 aliphatic carbocycles. The number of guanidine groups is 1. The van der Waals surface area contributed by atoms with E-state index in [1.807, 2.05) is 0 Å². The minimum atomic E-state index is -1.12. The predicted molar refractivity (Wildman–Crippen MR) is 133 cm³/mol. The van der Waals surface area contributed by atoms with Crippen LogP contribution in [0.15, 0.2) is 66.0 Å². The third-order valence-corrected chi connectivity index (χ3v) is 5.45. The lowest BCUT2D eigenvalue weighted by Crippen LogP contribution is -2.36. The van der Waals surface area contributed by atoms with E-state index >= 15 is 0 Å². The molecule has 36 heavy (non-hydrogen) atoms. The maximum atomic E-state index is 13.0. The van der Waals surface area contributed by atoms with Crippen LogP contribution in [0.25, 0.3) is 0 Å². The molecule has 1 saturated carbocycles. The van der Waals surface area contributed by atoms with Gasteiger partial charge in [0.25, 0.3) is 11.8 Å². The van der Waals surface area contributed by atoms with Crippen molar-refractivity contribution in [2.45, 2.75) is 38.1 Å².